The van der Waals surface area contributed by atoms with Crippen LogP contribution in [0.2, 0.25) is 0 Å². The summed E-state index contributed by atoms with van der Waals surface area (Å²) in [6, 6.07) is 14.1. The lowest BCUT2D eigenvalue weighted by atomic mass is 10.1. The van der Waals surface area contributed by atoms with Gasteiger partial charge in [-0.2, -0.15) is 0 Å². The van der Waals surface area contributed by atoms with Gasteiger partial charge in [0.15, 0.2) is 0 Å². The molecular formula is C24H26FN3O2. The van der Waals surface area contributed by atoms with E-state index >= 15 is 0 Å². The van der Waals surface area contributed by atoms with E-state index in [1.807, 2.05) is 37.3 Å². The quantitative estimate of drug-likeness (QED) is 0.642. The number of nitrogens with zero attached hydrogens (tertiary/aromatic N) is 2. The molecule has 0 aliphatic carbocycles. The molecule has 6 heteroatoms. The fraction of sp³-hybridized carbons (Fsp3) is 0.333. The molecule has 3 aromatic rings. The molecule has 2 heterocycles. The van der Waals surface area contributed by atoms with Crippen molar-refractivity contribution in [3.8, 4) is 17.1 Å². The van der Waals surface area contributed by atoms with Gasteiger partial charge in [-0.3, -0.25) is 4.79 Å². The highest BCUT2D eigenvalue weighted by Gasteiger charge is 2.24. The number of fused-ring (bicyclic) bond motifs is 1. The lowest BCUT2D eigenvalue weighted by Crippen LogP contribution is -2.25. The van der Waals surface area contributed by atoms with Gasteiger partial charge in [-0.1, -0.05) is 36.8 Å². The van der Waals surface area contributed by atoms with Crippen LogP contribution in [-0.4, -0.2) is 22.1 Å². The van der Waals surface area contributed by atoms with Crippen LogP contribution >= 0.6 is 0 Å². The minimum atomic E-state index is -0.308. The monoisotopic (exact) mass is 407 g/mol. The zero-order valence-corrected chi connectivity index (χ0v) is 17.2. The summed E-state index contributed by atoms with van der Waals surface area (Å²) in [5.41, 5.74) is 2.98. The summed E-state index contributed by atoms with van der Waals surface area (Å²) in [5, 5.41) is 2.99. The van der Waals surface area contributed by atoms with Gasteiger partial charge < -0.3 is 14.6 Å². The first-order chi connectivity index (χ1) is 14.7. The number of hydrogen-bond donors (Lipinski definition) is 1. The van der Waals surface area contributed by atoms with Crippen molar-refractivity contribution in [3.05, 3.63) is 71.3 Å². The van der Waals surface area contributed by atoms with Crippen molar-refractivity contribution in [2.24, 2.45) is 0 Å². The van der Waals surface area contributed by atoms with Crippen LogP contribution < -0.4 is 10.1 Å². The van der Waals surface area contributed by atoms with Crippen molar-refractivity contribution in [1.29, 1.82) is 0 Å². The number of carbonyl (C=O) groups excluding carboxylic acids is 1. The van der Waals surface area contributed by atoms with Crippen molar-refractivity contribution in [2.45, 2.75) is 45.7 Å². The van der Waals surface area contributed by atoms with E-state index in [2.05, 4.69) is 14.9 Å². The number of carbonyl (C=O) groups is 1. The minimum Gasteiger partial charge on any atom is -0.494 e. The highest BCUT2D eigenvalue weighted by atomic mass is 19.1. The Balaban J connectivity index is 1.63. The first kappa shape index (κ1) is 20.1. The largest absolute Gasteiger partial charge is 0.494 e. The van der Waals surface area contributed by atoms with Gasteiger partial charge in [0.2, 0.25) is 0 Å². The highest BCUT2D eigenvalue weighted by molar-refractivity contribution is 5.94. The van der Waals surface area contributed by atoms with Crippen molar-refractivity contribution in [1.82, 2.24) is 14.9 Å². The summed E-state index contributed by atoms with van der Waals surface area (Å²) in [5.74, 6) is 0.905. The van der Waals surface area contributed by atoms with Gasteiger partial charge in [0, 0.05) is 24.2 Å². The molecule has 0 saturated carbocycles. The Bertz CT molecular complexity index is 1040. The second-order valence-electron chi connectivity index (χ2n) is 7.43. The number of hydrogen-bond acceptors (Lipinski definition) is 3. The summed E-state index contributed by atoms with van der Waals surface area (Å²) < 4.78 is 21.5. The number of imidazole rings is 1. The summed E-state index contributed by atoms with van der Waals surface area (Å²) in [6.45, 7) is 3.64. The predicted molar refractivity (Wildman–Crippen MR) is 114 cm³/mol. The number of para-hydroxylation sites is 1. The van der Waals surface area contributed by atoms with Gasteiger partial charge in [-0.15, -0.1) is 0 Å². The molecule has 0 radical (unpaired) electrons. The Morgan fingerprint density at radius 3 is 2.87 bits per heavy atom. The maximum Gasteiger partial charge on any atom is 0.272 e. The third-order valence-corrected chi connectivity index (χ3v) is 5.38. The van der Waals surface area contributed by atoms with Crippen molar-refractivity contribution in [2.75, 3.05) is 6.61 Å². The van der Waals surface area contributed by atoms with Gasteiger partial charge in [0.1, 0.15) is 23.1 Å². The molecule has 1 amide bonds. The van der Waals surface area contributed by atoms with Gasteiger partial charge >= 0.3 is 0 Å². The zero-order valence-electron chi connectivity index (χ0n) is 17.2. The predicted octanol–water partition coefficient (Wildman–Crippen LogP) is 4.74. The van der Waals surface area contributed by atoms with E-state index in [1.165, 1.54) is 12.1 Å². The molecule has 0 saturated heterocycles. The molecule has 1 aliphatic rings. The molecule has 4 rings (SSSR count). The standard InChI is InChI=1S/C24H26FN3O2/c1-2-30-21-13-6-5-9-18(21)16-26-24(29)22-20-12-4-3-7-14-28(20)23(27-22)17-10-8-11-19(25)15-17/h5-6,8-11,13,15H,2-4,7,12,14,16H2,1H3,(H,26,29). The summed E-state index contributed by atoms with van der Waals surface area (Å²) in [7, 11) is 0. The fourth-order valence-electron chi connectivity index (χ4n) is 3.96. The van der Waals surface area contributed by atoms with E-state index in [1.54, 1.807) is 6.07 Å². The van der Waals surface area contributed by atoms with Crippen LogP contribution in [0.3, 0.4) is 0 Å². The molecular weight excluding hydrogens is 381 g/mol. The third kappa shape index (κ3) is 4.22. The second-order valence-corrected chi connectivity index (χ2v) is 7.43. The number of aromatic nitrogens is 2. The van der Waals surface area contributed by atoms with E-state index in [0.717, 1.165) is 49.2 Å². The average Bonchev–Trinajstić information content (AvgIpc) is 2.94. The summed E-state index contributed by atoms with van der Waals surface area (Å²) in [6.07, 6.45) is 3.93. The van der Waals surface area contributed by atoms with E-state index in [4.69, 9.17) is 4.74 Å². The maximum absolute atomic E-state index is 13.8. The first-order valence-corrected chi connectivity index (χ1v) is 10.5. The second kappa shape index (κ2) is 9.11. The Morgan fingerprint density at radius 1 is 1.17 bits per heavy atom. The van der Waals surface area contributed by atoms with Gasteiger partial charge in [0.05, 0.1) is 12.3 Å². The van der Waals surface area contributed by atoms with Crippen LogP contribution in [-0.2, 0) is 19.5 Å². The van der Waals surface area contributed by atoms with Crippen molar-refractivity contribution < 1.29 is 13.9 Å². The lowest BCUT2D eigenvalue weighted by Gasteiger charge is -2.11. The topological polar surface area (TPSA) is 56.1 Å². The minimum absolute atomic E-state index is 0.213. The average molecular weight is 407 g/mol. The van der Waals surface area contributed by atoms with Gasteiger partial charge in [-0.05, 0) is 44.4 Å². The van der Waals surface area contributed by atoms with Crippen molar-refractivity contribution in [3.63, 3.8) is 0 Å². The fourth-order valence-corrected chi connectivity index (χ4v) is 3.96. The first-order valence-electron chi connectivity index (χ1n) is 10.5. The number of benzene rings is 2. The van der Waals surface area contributed by atoms with E-state index in [-0.39, 0.29) is 11.7 Å². The smallest absolute Gasteiger partial charge is 0.272 e. The van der Waals surface area contributed by atoms with E-state index < -0.39 is 0 Å². The molecule has 0 fully saturated rings. The molecule has 1 aromatic heterocycles. The van der Waals surface area contributed by atoms with Crippen LogP contribution in [0.15, 0.2) is 48.5 Å². The van der Waals surface area contributed by atoms with Crippen LogP contribution in [0.4, 0.5) is 4.39 Å². The van der Waals surface area contributed by atoms with Crippen LogP contribution in [0.1, 0.15) is 47.9 Å². The molecule has 0 bridgehead atoms. The van der Waals surface area contributed by atoms with E-state index in [9.17, 15) is 9.18 Å². The summed E-state index contributed by atoms with van der Waals surface area (Å²) in [4.78, 5) is 17.7. The van der Waals surface area contributed by atoms with E-state index in [0.29, 0.717) is 30.2 Å². The Kier molecular flexibility index (Phi) is 6.12. The molecule has 1 aliphatic heterocycles. The third-order valence-electron chi connectivity index (χ3n) is 5.38. The number of rotatable bonds is 6. The molecule has 1 N–H and O–H groups in total. The summed E-state index contributed by atoms with van der Waals surface area (Å²) >= 11 is 0. The molecule has 156 valence electrons. The number of halogens is 1. The lowest BCUT2D eigenvalue weighted by molar-refractivity contribution is 0.0945. The number of amides is 1. The Morgan fingerprint density at radius 2 is 2.03 bits per heavy atom. The maximum atomic E-state index is 13.8. The zero-order chi connectivity index (χ0) is 20.9. The normalized spacial score (nSPS) is 13.4. The molecule has 5 nitrogen and oxygen atoms in total. The van der Waals surface area contributed by atoms with Crippen molar-refractivity contribution >= 4 is 5.91 Å². The Hall–Kier alpha value is -3.15. The Labute approximate surface area is 175 Å². The molecule has 30 heavy (non-hydrogen) atoms. The SMILES string of the molecule is CCOc1ccccc1CNC(=O)c1nc(-c2cccc(F)c2)n2c1CCCCC2. The van der Waals surface area contributed by atoms with Gasteiger partial charge in [-0.25, -0.2) is 9.37 Å². The van der Waals surface area contributed by atoms with Crippen LogP contribution in [0.5, 0.6) is 5.75 Å². The van der Waals surface area contributed by atoms with Gasteiger partial charge in [0.25, 0.3) is 5.91 Å². The number of ether oxygens (including phenoxy) is 1. The van der Waals surface area contributed by atoms with Crippen LogP contribution in [0.25, 0.3) is 11.4 Å². The molecule has 0 spiro atoms. The van der Waals surface area contributed by atoms with Crippen LogP contribution in [0, 0.1) is 5.82 Å². The molecule has 0 unspecified atom stereocenters. The molecule has 0 atom stereocenters. The molecule has 2 aromatic carbocycles. The highest BCUT2D eigenvalue weighted by Crippen LogP contribution is 2.28. The number of nitrogens with one attached hydrogen (secondary N) is 1.